The van der Waals surface area contributed by atoms with Gasteiger partial charge in [0.1, 0.15) is 28.5 Å². The molecule has 6 heteroatoms. The van der Waals surface area contributed by atoms with E-state index in [2.05, 4.69) is 130 Å². The van der Waals surface area contributed by atoms with Crippen LogP contribution in [0.25, 0.3) is 0 Å². The Hall–Kier alpha value is -4.55. The van der Waals surface area contributed by atoms with Crippen LogP contribution in [-0.2, 0) is 28.5 Å². The van der Waals surface area contributed by atoms with Crippen LogP contribution in [0.3, 0.4) is 0 Å². The standard InChI is InChI=1S/C48H51N3O2S/c1-26-13-31-19-32-14-27(2)25-49-43(32)51-38-23-39(30(5)18-40(38)54-41(15-26)42(31)51)52-36-21-33(20-35(22-36)45(6,7)8)44-50-47(12)37-17-29(4)28(3)16-34(37)24-48(47,53-44)46(9,10)11/h13-18,20-23,25H,19,24H2,1-12H3/t47-,48-/m1/s1/i24D2. The molecule has 9 rings (SSSR count). The fourth-order valence-electron chi connectivity index (χ4n) is 8.91. The van der Waals surface area contributed by atoms with Crippen molar-refractivity contribution in [2.75, 3.05) is 4.90 Å². The van der Waals surface area contributed by atoms with Crippen LogP contribution in [0.4, 0.5) is 17.2 Å². The van der Waals surface area contributed by atoms with Crippen molar-refractivity contribution < 1.29 is 12.2 Å². The summed E-state index contributed by atoms with van der Waals surface area (Å²) in [7, 11) is 0. The largest absolute Gasteiger partial charge is 0.467 e. The summed E-state index contributed by atoms with van der Waals surface area (Å²) in [6.45, 7) is 25.4. The molecule has 1 aliphatic carbocycles. The zero-order valence-electron chi connectivity index (χ0n) is 35.6. The van der Waals surface area contributed by atoms with E-state index in [1.165, 1.54) is 32.2 Å². The maximum absolute atomic E-state index is 9.77. The molecule has 0 radical (unpaired) electrons. The number of pyridine rings is 1. The molecule has 0 fully saturated rings. The smallest absolute Gasteiger partial charge is 0.217 e. The highest BCUT2D eigenvalue weighted by Gasteiger charge is 2.66. The van der Waals surface area contributed by atoms with Crippen molar-refractivity contribution >= 4 is 34.9 Å². The van der Waals surface area contributed by atoms with E-state index in [9.17, 15) is 2.74 Å². The minimum absolute atomic E-state index is 0.217. The van der Waals surface area contributed by atoms with E-state index in [0.29, 0.717) is 17.2 Å². The average Bonchev–Trinajstić information content (AvgIpc) is 3.50. The summed E-state index contributed by atoms with van der Waals surface area (Å²) in [6, 6.07) is 21.7. The van der Waals surface area contributed by atoms with Gasteiger partial charge < -0.3 is 9.47 Å². The van der Waals surface area contributed by atoms with Gasteiger partial charge in [-0.05, 0) is 127 Å². The van der Waals surface area contributed by atoms with Crippen molar-refractivity contribution in [3.63, 3.8) is 0 Å². The number of anilines is 3. The lowest BCUT2D eigenvalue weighted by Crippen LogP contribution is -2.54. The molecule has 276 valence electrons. The van der Waals surface area contributed by atoms with E-state index >= 15 is 0 Å². The number of benzene rings is 4. The van der Waals surface area contributed by atoms with Gasteiger partial charge in [-0.1, -0.05) is 77.6 Å². The van der Waals surface area contributed by atoms with Crippen molar-refractivity contribution in [3.8, 4) is 11.5 Å². The monoisotopic (exact) mass is 735 g/mol. The molecule has 2 atom stereocenters. The van der Waals surface area contributed by atoms with Crippen LogP contribution in [0.5, 0.6) is 11.5 Å². The predicted molar refractivity (Wildman–Crippen MR) is 222 cm³/mol. The van der Waals surface area contributed by atoms with Crippen LogP contribution in [0, 0.1) is 40.0 Å². The van der Waals surface area contributed by atoms with Crippen LogP contribution >= 0.6 is 11.8 Å². The van der Waals surface area contributed by atoms with E-state index in [0.717, 1.165) is 62.6 Å². The molecule has 0 N–H and O–H groups in total. The number of aromatic nitrogens is 1. The third-order valence-corrected chi connectivity index (χ3v) is 13.0. The lowest BCUT2D eigenvalue weighted by molar-refractivity contribution is -0.0673. The molecule has 0 amide bonds. The van der Waals surface area contributed by atoms with Gasteiger partial charge in [0.15, 0.2) is 0 Å². The number of hydrogen-bond acceptors (Lipinski definition) is 6. The number of aliphatic imine (C=N–C) groups is 1. The molecule has 5 aromatic rings. The van der Waals surface area contributed by atoms with Crippen molar-refractivity contribution in [2.24, 2.45) is 10.4 Å². The Morgan fingerprint density at radius 1 is 0.796 bits per heavy atom. The summed E-state index contributed by atoms with van der Waals surface area (Å²) in [5, 5.41) is 0. The zero-order chi connectivity index (χ0) is 40.1. The molecule has 4 aliphatic rings. The van der Waals surface area contributed by atoms with Crippen LogP contribution in [-0.4, -0.2) is 16.5 Å². The van der Waals surface area contributed by atoms with Gasteiger partial charge in [0.25, 0.3) is 0 Å². The summed E-state index contributed by atoms with van der Waals surface area (Å²) in [5.41, 5.74) is 10.7. The third-order valence-electron chi connectivity index (χ3n) is 11.9. The highest BCUT2D eigenvalue weighted by Crippen LogP contribution is 2.61. The van der Waals surface area contributed by atoms with Crippen LogP contribution in [0.15, 0.2) is 81.6 Å². The van der Waals surface area contributed by atoms with Crippen LogP contribution in [0.2, 0.25) is 0 Å². The normalized spacial score (nSPS) is 22.2. The summed E-state index contributed by atoms with van der Waals surface area (Å²) < 4.78 is 33.6. The number of fused-ring (bicyclic) bond motifs is 7. The number of nitrogens with zero attached hydrogens (tertiary/aromatic N) is 3. The summed E-state index contributed by atoms with van der Waals surface area (Å²) in [4.78, 5) is 15.2. The molecule has 4 heterocycles. The molecule has 54 heavy (non-hydrogen) atoms. The molecule has 0 unspecified atom stereocenters. The van der Waals surface area contributed by atoms with E-state index in [1.807, 2.05) is 37.0 Å². The number of rotatable bonds is 3. The summed E-state index contributed by atoms with van der Waals surface area (Å²) in [6.07, 6.45) is 1.00. The van der Waals surface area contributed by atoms with Gasteiger partial charge in [-0.3, -0.25) is 4.90 Å². The Labute approximate surface area is 328 Å². The van der Waals surface area contributed by atoms with Gasteiger partial charge in [-0.15, -0.1) is 0 Å². The molecule has 4 aromatic carbocycles. The van der Waals surface area contributed by atoms with Gasteiger partial charge in [0.05, 0.1) is 11.4 Å². The Bertz CT molecular complexity index is 2560. The second kappa shape index (κ2) is 11.5. The van der Waals surface area contributed by atoms with Crippen molar-refractivity contribution in [2.45, 2.75) is 122 Å². The van der Waals surface area contributed by atoms with E-state index in [1.54, 1.807) is 0 Å². The van der Waals surface area contributed by atoms with E-state index in [4.69, 9.17) is 19.5 Å². The molecule has 0 saturated heterocycles. The summed E-state index contributed by atoms with van der Waals surface area (Å²) >= 11 is 1.81. The first kappa shape index (κ1) is 32.8. The molecular weight excluding hydrogens is 683 g/mol. The number of aryl methyl sites for hydroxylation is 5. The van der Waals surface area contributed by atoms with Gasteiger partial charge >= 0.3 is 0 Å². The first-order valence-corrected chi connectivity index (χ1v) is 19.9. The van der Waals surface area contributed by atoms with Gasteiger partial charge in [-0.25, -0.2) is 9.98 Å². The second-order valence-corrected chi connectivity index (χ2v) is 19.3. The quantitative estimate of drug-likeness (QED) is 0.181. The molecular formula is C48H51N3O2S. The Balaban J connectivity index is 1.17. The molecule has 0 spiro atoms. The Kier molecular flexibility index (Phi) is 6.99. The van der Waals surface area contributed by atoms with E-state index in [-0.39, 0.29) is 5.41 Å². The first-order chi connectivity index (χ1) is 26.1. The van der Waals surface area contributed by atoms with Gasteiger partial charge in [-0.2, -0.15) is 0 Å². The highest BCUT2D eigenvalue weighted by molar-refractivity contribution is 7.99. The van der Waals surface area contributed by atoms with Crippen molar-refractivity contribution in [1.82, 2.24) is 4.98 Å². The minimum atomic E-state index is -1.81. The molecule has 1 aromatic heterocycles. The molecule has 0 bridgehead atoms. The molecule has 5 nitrogen and oxygen atoms in total. The third kappa shape index (κ3) is 5.12. The lowest BCUT2D eigenvalue weighted by Gasteiger charge is -2.45. The van der Waals surface area contributed by atoms with E-state index < -0.39 is 22.9 Å². The molecule has 0 saturated carbocycles. The minimum Gasteiger partial charge on any atom is -0.467 e. The maximum atomic E-state index is 9.77. The Morgan fingerprint density at radius 3 is 2.28 bits per heavy atom. The molecule has 3 aliphatic heterocycles. The highest BCUT2D eigenvalue weighted by atomic mass is 32.2. The predicted octanol–water partition coefficient (Wildman–Crippen LogP) is 12.6. The fraction of sp³-hybridized carbons (Fsp3) is 0.375. The average molecular weight is 736 g/mol. The van der Waals surface area contributed by atoms with Crippen molar-refractivity contribution in [3.05, 3.63) is 128 Å². The van der Waals surface area contributed by atoms with Crippen LogP contribution in [0.1, 0.15) is 112 Å². The van der Waals surface area contributed by atoms with Crippen LogP contribution < -0.4 is 9.64 Å². The first-order valence-electron chi connectivity index (χ1n) is 20.1. The topological polar surface area (TPSA) is 47.0 Å². The SMILES string of the molecule is [2H]C1([2H])c2cc(C)c(C)cc2[C@@]2(C)N=C(c3cc(Oc4cc5c(cc4C)Sc4cc(C)cc6c4N5c4ncc(C)cc4C6)cc(C(C)(C)C)c3)O[C@@]12C(C)(C)C. The lowest BCUT2D eigenvalue weighted by atomic mass is 9.66. The number of ether oxygens (including phenoxy) is 2. The summed E-state index contributed by atoms with van der Waals surface area (Å²) in [5.74, 6) is 2.85. The maximum Gasteiger partial charge on any atom is 0.217 e. The van der Waals surface area contributed by atoms with Crippen molar-refractivity contribution in [1.29, 1.82) is 0 Å². The number of hydrogen-bond donors (Lipinski definition) is 0. The Morgan fingerprint density at radius 2 is 1.54 bits per heavy atom. The zero-order valence-corrected chi connectivity index (χ0v) is 34.4. The fourth-order valence-corrected chi connectivity index (χ4v) is 10.2. The van der Waals surface area contributed by atoms with Gasteiger partial charge in [0, 0.05) is 54.1 Å². The van der Waals surface area contributed by atoms with Gasteiger partial charge in [0.2, 0.25) is 5.90 Å². The second-order valence-electron chi connectivity index (χ2n) is 18.2.